The van der Waals surface area contributed by atoms with Gasteiger partial charge in [-0.15, -0.1) is 10.2 Å². The topological polar surface area (TPSA) is 73.0 Å². The summed E-state index contributed by atoms with van der Waals surface area (Å²) in [5, 5.41) is 12.2. The lowest BCUT2D eigenvalue weighted by atomic mass is 10.1. The van der Waals surface area contributed by atoms with E-state index >= 15 is 0 Å². The van der Waals surface area contributed by atoms with Gasteiger partial charge in [-0.05, 0) is 49.6 Å². The Hall–Kier alpha value is -2.54. The number of hydrogen-bond acceptors (Lipinski definition) is 5. The van der Waals surface area contributed by atoms with Crippen LogP contribution >= 0.6 is 11.8 Å². The second kappa shape index (κ2) is 8.23. The number of rotatable bonds is 7. The summed E-state index contributed by atoms with van der Waals surface area (Å²) in [6.07, 6.45) is 2.55. The van der Waals surface area contributed by atoms with Crippen molar-refractivity contribution in [1.29, 1.82) is 0 Å². The number of nitrogens with one attached hydrogen (secondary N) is 1. The van der Waals surface area contributed by atoms with Crippen LogP contribution in [0.25, 0.3) is 11.6 Å². The average Bonchev–Trinajstić information content (AvgIpc) is 3.27. The van der Waals surface area contributed by atoms with E-state index in [0.29, 0.717) is 11.6 Å². The van der Waals surface area contributed by atoms with Crippen LogP contribution in [0.1, 0.15) is 24.5 Å². The molecule has 0 radical (unpaired) electrons. The molecule has 136 valence electrons. The predicted molar refractivity (Wildman–Crippen MR) is 103 cm³/mol. The van der Waals surface area contributed by atoms with Crippen molar-refractivity contribution in [3.63, 3.8) is 0 Å². The summed E-state index contributed by atoms with van der Waals surface area (Å²) in [7, 11) is 0. The van der Waals surface area contributed by atoms with Gasteiger partial charge >= 0.3 is 0 Å². The maximum Gasteiger partial charge on any atom is 0.234 e. The van der Waals surface area contributed by atoms with Gasteiger partial charge in [-0.2, -0.15) is 0 Å². The zero-order valence-corrected chi connectivity index (χ0v) is 16.0. The fourth-order valence-corrected chi connectivity index (χ4v) is 3.38. The molecule has 3 rings (SSSR count). The molecule has 0 bridgehead atoms. The molecular weight excluding hydrogens is 348 g/mol. The normalized spacial score (nSPS) is 10.9. The Morgan fingerprint density at radius 3 is 2.81 bits per heavy atom. The number of benzene rings is 1. The zero-order chi connectivity index (χ0) is 18.5. The molecule has 1 N–H and O–H groups in total. The van der Waals surface area contributed by atoms with E-state index in [4.69, 9.17) is 4.42 Å². The maximum atomic E-state index is 12.3. The summed E-state index contributed by atoms with van der Waals surface area (Å²) in [6.45, 7) is 6.90. The number of thioether (sulfide) groups is 1. The highest BCUT2D eigenvalue weighted by Gasteiger charge is 2.17. The third kappa shape index (κ3) is 3.99. The van der Waals surface area contributed by atoms with E-state index in [1.165, 1.54) is 11.8 Å². The molecule has 2 aromatic heterocycles. The summed E-state index contributed by atoms with van der Waals surface area (Å²) in [5.41, 5.74) is 3.09. The number of anilines is 1. The quantitative estimate of drug-likeness (QED) is 0.628. The first-order valence-electron chi connectivity index (χ1n) is 8.56. The molecule has 0 saturated carbocycles. The Bertz CT molecular complexity index is 887. The number of carbonyl (C=O) groups is 1. The van der Waals surface area contributed by atoms with Crippen molar-refractivity contribution in [1.82, 2.24) is 14.8 Å². The highest BCUT2D eigenvalue weighted by molar-refractivity contribution is 7.99. The van der Waals surface area contributed by atoms with Crippen LogP contribution in [0.15, 0.2) is 46.2 Å². The lowest BCUT2D eigenvalue weighted by Gasteiger charge is -2.10. The minimum atomic E-state index is -0.0608. The maximum absolute atomic E-state index is 12.3. The van der Waals surface area contributed by atoms with Crippen LogP contribution in [0.2, 0.25) is 0 Å². The SMILES string of the molecule is CCCn1c(SCC(=O)Nc2cccc(C)c2C)nnc1-c1ccco1. The number of aromatic nitrogens is 3. The van der Waals surface area contributed by atoms with Gasteiger partial charge in [0.05, 0.1) is 12.0 Å². The third-order valence-corrected chi connectivity index (χ3v) is 5.08. The molecule has 0 unspecified atom stereocenters. The summed E-state index contributed by atoms with van der Waals surface area (Å²) >= 11 is 1.38. The van der Waals surface area contributed by atoms with E-state index < -0.39 is 0 Å². The van der Waals surface area contributed by atoms with E-state index in [9.17, 15) is 4.79 Å². The second-order valence-electron chi connectivity index (χ2n) is 6.02. The van der Waals surface area contributed by atoms with Crippen LogP contribution in [-0.2, 0) is 11.3 Å². The summed E-state index contributed by atoms with van der Waals surface area (Å²) in [4.78, 5) is 12.3. The molecular formula is C19H22N4O2S. The molecule has 3 aromatic rings. The second-order valence-corrected chi connectivity index (χ2v) is 6.96. The van der Waals surface area contributed by atoms with Crippen molar-refractivity contribution < 1.29 is 9.21 Å². The first-order valence-corrected chi connectivity index (χ1v) is 9.54. The minimum Gasteiger partial charge on any atom is -0.461 e. The fourth-order valence-electron chi connectivity index (χ4n) is 2.61. The molecule has 0 spiro atoms. The summed E-state index contributed by atoms with van der Waals surface area (Å²) in [5.74, 6) is 1.58. The van der Waals surface area contributed by atoms with E-state index in [1.807, 2.05) is 48.7 Å². The van der Waals surface area contributed by atoms with Crippen molar-refractivity contribution in [3.05, 3.63) is 47.7 Å². The van der Waals surface area contributed by atoms with Crippen LogP contribution in [-0.4, -0.2) is 26.4 Å². The Balaban J connectivity index is 1.69. The van der Waals surface area contributed by atoms with Crippen molar-refractivity contribution in [2.24, 2.45) is 0 Å². The van der Waals surface area contributed by atoms with Gasteiger partial charge in [-0.25, -0.2) is 0 Å². The number of nitrogens with zero attached hydrogens (tertiary/aromatic N) is 3. The number of furan rings is 1. The lowest BCUT2D eigenvalue weighted by molar-refractivity contribution is -0.113. The van der Waals surface area contributed by atoms with E-state index in [-0.39, 0.29) is 11.7 Å². The van der Waals surface area contributed by atoms with E-state index in [1.54, 1.807) is 6.26 Å². The van der Waals surface area contributed by atoms with Crippen LogP contribution < -0.4 is 5.32 Å². The lowest BCUT2D eigenvalue weighted by Crippen LogP contribution is -2.15. The molecule has 1 aromatic carbocycles. The Morgan fingerprint density at radius 1 is 1.23 bits per heavy atom. The van der Waals surface area contributed by atoms with Crippen LogP contribution in [0, 0.1) is 13.8 Å². The first-order chi connectivity index (χ1) is 12.6. The van der Waals surface area contributed by atoms with Gasteiger partial charge in [0.1, 0.15) is 0 Å². The highest BCUT2D eigenvalue weighted by atomic mass is 32.2. The average molecular weight is 370 g/mol. The van der Waals surface area contributed by atoms with Crippen molar-refractivity contribution in [3.8, 4) is 11.6 Å². The monoisotopic (exact) mass is 370 g/mol. The molecule has 26 heavy (non-hydrogen) atoms. The van der Waals surface area contributed by atoms with Gasteiger partial charge in [0.2, 0.25) is 5.91 Å². The molecule has 2 heterocycles. The number of carbonyl (C=O) groups excluding carboxylic acids is 1. The number of hydrogen-bond donors (Lipinski definition) is 1. The Labute approximate surface area is 157 Å². The molecule has 0 fully saturated rings. The van der Waals surface area contributed by atoms with Crippen molar-refractivity contribution >= 4 is 23.4 Å². The third-order valence-electron chi connectivity index (χ3n) is 4.12. The van der Waals surface area contributed by atoms with E-state index in [0.717, 1.165) is 34.9 Å². The van der Waals surface area contributed by atoms with Crippen molar-refractivity contribution in [2.75, 3.05) is 11.1 Å². The smallest absolute Gasteiger partial charge is 0.234 e. The van der Waals surface area contributed by atoms with Crippen LogP contribution in [0.3, 0.4) is 0 Å². The predicted octanol–water partition coefficient (Wildman–Crippen LogP) is 4.30. The van der Waals surface area contributed by atoms with Crippen LogP contribution in [0.4, 0.5) is 5.69 Å². The number of aryl methyl sites for hydroxylation is 1. The molecule has 0 saturated heterocycles. The summed E-state index contributed by atoms with van der Waals surface area (Å²) < 4.78 is 7.43. The first kappa shape index (κ1) is 18.3. The molecule has 0 aliphatic rings. The van der Waals surface area contributed by atoms with Gasteiger partial charge in [0.25, 0.3) is 0 Å². The molecule has 0 aliphatic carbocycles. The van der Waals surface area contributed by atoms with Gasteiger partial charge in [-0.1, -0.05) is 30.8 Å². The van der Waals surface area contributed by atoms with Crippen molar-refractivity contribution in [2.45, 2.75) is 38.9 Å². The fraction of sp³-hybridized carbons (Fsp3) is 0.316. The Morgan fingerprint density at radius 2 is 2.08 bits per heavy atom. The largest absolute Gasteiger partial charge is 0.461 e. The van der Waals surface area contributed by atoms with E-state index in [2.05, 4.69) is 22.4 Å². The van der Waals surface area contributed by atoms with Gasteiger partial charge in [0.15, 0.2) is 16.7 Å². The van der Waals surface area contributed by atoms with Gasteiger partial charge in [-0.3, -0.25) is 9.36 Å². The standard InChI is InChI=1S/C19H22N4O2S/c1-4-10-23-18(16-9-6-11-25-16)21-22-19(23)26-12-17(24)20-15-8-5-7-13(2)14(15)3/h5-9,11H,4,10,12H2,1-3H3,(H,20,24). The molecule has 0 aliphatic heterocycles. The molecule has 0 atom stereocenters. The van der Waals surface area contributed by atoms with Crippen LogP contribution in [0.5, 0.6) is 0 Å². The molecule has 7 heteroatoms. The highest BCUT2D eigenvalue weighted by Crippen LogP contribution is 2.25. The zero-order valence-electron chi connectivity index (χ0n) is 15.2. The Kier molecular flexibility index (Phi) is 5.78. The molecule has 1 amide bonds. The summed E-state index contributed by atoms with van der Waals surface area (Å²) in [6, 6.07) is 9.57. The number of amides is 1. The minimum absolute atomic E-state index is 0.0608. The van der Waals surface area contributed by atoms with Gasteiger partial charge in [0, 0.05) is 12.2 Å². The molecule has 6 nitrogen and oxygen atoms in total. The van der Waals surface area contributed by atoms with Gasteiger partial charge < -0.3 is 9.73 Å².